The second-order valence-electron chi connectivity index (χ2n) is 5.13. The molecule has 0 spiro atoms. The molecular formula is C14H20N2OS. The van der Waals surface area contributed by atoms with Crippen LogP contribution in [0.1, 0.15) is 26.7 Å². The van der Waals surface area contributed by atoms with Crippen LogP contribution in [0.2, 0.25) is 0 Å². The maximum atomic E-state index is 12.2. The fourth-order valence-electron chi connectivity index (χ4n) is 1.89. The number of rotatable bonds is 6. The number of carbonyl (C=O) groups excluding carboxylic acids is 1. The van der Waals surface area contributed by atoms with Gasteiger partial charge in [-0.1, -0.05) is 31.7 Å². The molecule has 1 heterocycles. The summed E-state index contributed by atoms with van der Waals surface area (Å²) in [6.45, 7) is 5.20. The van der Waals surface area contributed by atoms with Gasteiger partial charge in [0.25, 0.3) is 0 Å². The van der Waals surface area contributed by atoms with E-state index in [1.54, 1.807) is 6.20 Å². The summed E-state index contributed by atoms with van der Waals surface area (Å²) in [5.41, 5.74) is 0. The zero-order chi connectivity index (χ0) is 13.0. The van der Waals surface area contributed by atoms with Gasteiger partial charge >= 0.3 is 0 Å². The van der Waals surface area contributed by atoms with Gasteiger partial charge < -0.3 is 4.90 Å². The Bertz CT molecular complexity index is 390. The van der Waals surface area contributed by atoms with Gasteiger partial charge in [0, 0.05) is 18.8 Å². The van der Waals surface area contributed by atoms with E-state index in [2.05, 4.69) is 23.7 Å². The normalized spacial score (nSPS) is 14.8. The van der Waals surface area contributed by atoms with Crippen LogP contribution in [0.15, 0.2) is 29.4 Å². The SMILES string of the molecule is CC(C)CN(C(=O)CSc1ccccn1)C1CC1. The summed E-state index contributed by atoms with van der Waals surface area (Å²) in [5, 5.41) is 0.922. The lowest BCUT2D eigenvalue weighted by Crippen LogP contribution is -2.37. The fourth-order valence-corrected chi connectivity index (χ4v) is 2.63. The highest BCUT2D eigenvalue weighted by Gasteiger charge is 2.32. The van der Waals surface area contributed by atoms with Crippen molar-refractivity contribution in [2.75, 3.05) is 12.3 Å². The minimum absolute atomic E-state index is 0.252. The summed E-state index contributed by atoms with van der Waals surface area (Å²) in [5.74, 6) is 1.29. The lowest BCUT2D eigenvalue weighted by atomic mass is 10.2. The molecule has 0 radical (unpaired) electrons. The minimum atomic E-state index is 0.252. The Morgan fingerprint density at radius 3 is 2.83 bits per heavy atom. The van der Waals surface area contributed by atoms with Crippen molar-refractivity contribution >= 4 is 17.7 Å². The van der Waals surface area contributed by atoms with Crippen LogP contribution in [0.4, 0.5) is 0 Å². The molecule has 1 saturated carbocycles. The van der Waals surface area contributed by atoms with Crippen LogP contribution in [-0.4, -0.2) is 34.1 Å². The molecular weight excluding hydrogens is 244 g/mol. The molecule has 0 aliphatic heterocycles. The van der Waals surface area contributed by atoms with E-state index >= 15 is 0 Å². The molecule has 1 amide bonds. The second kappa shape index (κ2) is 6.23. The maximum Gasteiger partial charge on any atom is 0.233 e. The molecule has 18 heavy (non-hydrogen) atoms. The van der Waals surface area contributed by atoms with E-state index in [9.17, 15) is 4.79 Å². The molecule has 1 aromatic heterocycles. The first-order valence-electron chi connectivity index (χ1n) is 6.50. The highest BCUT2D eigenvalue weighted by Crippen LogP contribution is 2.28. The average molecular weight is 264 g/mol. The van der Waals surface area contributed by atoms with Crippen molar-refractivity contribution in [3.63, 3.8) is 0 Å². The van der Waals surface area contributed by atoms with E-state index in [0.29, 0.717) is 17.7 Å². The molecule has 98 valence electrons. The van der Waals surface area contributed by atoms with E-state index in [1.807, 2.05) is 18.2 Å². The number of nitrogens with zero attached hydrogens (tertiary/aromatic N) is 2. The number of hydrogen-bond donors (Lipinski definition) is 0. The smallest absolute Gasteiger partial charge is 0.233 e. The Kier molecular flexibility index (Phi) is 4.64. The molecule has 0 unspecified atom stereocenters. The van der Waals surface area contributed by atoms with Gasteiger partial charge in [-0.15, -0.1) is 0 Å². The number of carbonyl (C=O) groups is 1. The van der Waals surface area contributed by atoms with Crippen molar-refractivity contribution in [2.45, 2.75) is 37.8 Å². The predicted molar refractivity (Wildman–Crippen MR) is 74.5 cm³/mol. The van der Waals surface area contributed by atoms with Crippen molar-refractivity contribution in [1.82, 2.24) is 9.88 Å². The van der Waals surface area contributed by atoms with E-state index in [1.165, 1.54) is 24.6 Å². The van der Waals surface area contributed by atoms with Crippen molar-refractivity contribution in [2.24, 2.45) is 5.92 Å². The molecule has 0 N–H and O–H groups in total. The van der Waals surface area contributed by atoms with Crippen molar-refractivity contribution in [3.05, 3.63) is 24.4 Å². The number of thioether (sulfide) groups is 1. The van der Waals surface area contributed by atoms with E-state index in [0.717, 1.165) is 11.6 Å². The largest absolute Gasteiger partial charge is 0.339 e. The number of hydrogen-bond acceptors (Lipinski definition) is 3. The third-order valence-corrected chi connectivity index (χ3v) is 3.78. The molecule has 1 aliphatic rings. The fraction of sp³-hybridized carbons (Fsp3) is 0.571. The molecule has 4 heteroatoms. The molecule has 1 fully saturated rings. The molecule has 0 bridgehead atoms. The quantitative estimate of drug-likeness (QED) is 0.741. The third-order valence-electron chi connectivity index (χ3n) is 2.85. The first-order valence-corrected chi connectivity index (χ1v) is 7.48. The van der Waals surface area contributed by atoms with Crippen LogP contribution >= 0.6 is 11.8 Å². The molecule has 1 aromatic rings. The maximum absolute atomic E-state index is 12.2. The van der Waals surface area contributed by atoms with Gasteiger partial charge in [-0.05, 0) is 30.9 Å². The van der Waals surface area contributed by atoms with Crippen molar-refractivity contribution in [1.29, 1.82) is 0 Å². The zero-order valence-corrected chi connectivity index (χ0v) is 11.8. The predicted octanol–water partition coefficient (Wildman–Crippen LogP) is 2.82. The summed E-state index contributed by atoms with van der Waals surface area (Å²) in [6, 6.07) is 6.29. The lowest BCUT2D eigenvalue weighted by molar-refractivity contribution is -0.129. The molecule has 0 atom stereocenters. The Hall–Kier alpha value is -1.03. The monoisotopic (exact) mass is 264 g/mol. The molecule has 0 saturated heterocycles. The zero-order valence-electron chi connectivity index (χ0n) is 11.0. The van der Waals surface area contributed by atoms with Crippen LogP contribution in [0.3, 0.4) is 0 Å². The van der Waals surface area contributed by atoms with Crippen LogP contribution in [0.5, 0.6) is 0 Å². The third kappa shape index (κ3) is 4.02. The Morgan fingerprint density at radius 2 is 2.28 bits per heavy atom. The van der Waals surface area contributed by atoms with Crippen molar-refractivity contribution in [3.8, 4) is 0 Å². The Balaban J connectivity index is 1.85. The Labute approximate surface area is 113 Å². The van der Waals surface area contributed by atoms with Crippen LogP contribution in [0, 0.1) is 5.92 Å². The number of aromatic nitrogens is 1. The highest BCUT2D eigenvalue weighted by atomic mass is 32.2. The topological polar surface area (TPSA) is 33.2 Å². The van der Waals surface area contributed by atoms with Crippen molar-refractivity contribution < 1.29 is 4.79 Å². The molecule has 3 nitrogen and oxygen atoms in total. The second-order valence-corrected chi connectivity index (χ2v) is 6.12. The Morgan fingerprint density at radius 1 is 1.50 bits per heavy atom. The summed E-state index contributed by atoms with van der Waals surface area (Å²) >= 11 is 1.53. The number of amides is 1. The van der Waals surface area contributed by atoms with Gasteiger partial charge in [0.2, 0.25) is 5.91 Å². The van der Waals surface area contributed by atoms with Gasteiger partial charge in [0.1, 0.15) is 0 Å². The van der Waals surface area contributed by atoms with E-state index in [4.69, 9.17) is 0 Å². The summed E-state index contributed by atoms with van der Waals surface area (Å²) in [7, 11) is 0. The lowest BCUT2D eigenvalue weighted by Gasteiger charge is -2.24. The first-order chi connectivity index (χ1) is 8.66. The summed E-state index contributed by atoms with van der Waals surface area (Å²) < 4.78 is 0. The first kappa shape index (κ1) is 13.4. The van der Waals surface area contributed by atoms with Gasteiger partial charge in [0.15, 0.2) is 0 Å². The minimum Gasteiger partial charge on any atom is -0.339 e. The van der Waals surface area contributed by atoms with Gasteiger partial charge in [0.05, 0.1) is 10.8 Å². The summed E-state index contributed by atoms with van der Waals surface area (Å²) in [4.78, 5) is 18.5. The van der Waals surface area contributed by atoms with Crippen LogP contribution < -0.4 is 0 Å². The van der Waals surface area contributed by atoms with Crippen LogP contribution in [0.25, 0.3) is 0 Å². The number of pyridine rings is 1. The standard InChI is InChI=1S/C14H20N2OS/c1-11(2)9-16(12-6-7-12)14(17)10-18-13-5-3-4-8-15-13/h3-5,8,11-12H,6-7,9-10H2,1-2H3. The average Bonchev–Trinajstić information content (AvgIpc) is 3.18. The molecule has 2 rings (SSSR count). The van der Waals surface area contributed by atoms with E-state index in [-0.39, 0.29) is 5.91 Å². The highest BCUT2D eigenvalue weighted by molar-refractivity contribution is 7.99. The molecule has 0 aromatic carbocycles. The summed E-state index contributed by atoms with van der Waals surface area (Å²) in [6.07, 6.45) is 4.11. The molecule has 1 aliphatic carbocycles. The van der Waals surface area contributed by atoms with Gasteiger partial charge in [-0.25, -0.2) is 4.98 Å². The van der Waals surface area contributed by atoms with Crippen LogP contribution in [-0.2, 0) is 4.79 Å². The van der Waals surface area contributed by atoms with Gasteiger partial charge in [-0.3, -0.25) is 4.79 Å². The van der Waals surface area contributed by atoms with E-state index < -0.39 is 0 Å². The van der Waals surface area contributed by atoms with Gasteiger partial charge in [-0.2, -0.15) is 0 Å².